The minimum absolute atomic E-state index is 0.0114. The quantitative estimate of drug-likeness (QED) is 0.273. The van der Waals surface area contributed by atoms with Crippen molar-refractivity contribution in [1.82, 2.24) is 0 Å². The van der Waals surface area contributed by atoms with E-state index in [1.807, 2.05) is 25.1 Å². The molecule has 3 aromatic carbocycles. The molecular weight excluding hydrogens is 385 g/mol. The van der Waals surface area contributed by atoms with Gasteiger partial charge in [-0.25, -0.2) is 13.2 Å². The summed E-state index contributed by atoms with van der Waals surface area (Å²) in [5, 5.41) is 0.921. The van der Waals surface area contributed by atoms with Gasteiger partial charge in [0.15, 0.2) is 11.7 Å². The maximum atomic E-state index is 15.0. The summed E-state index contributed by atoms with van der Waals surface area (Å²) in [5.41, 5.74) is 0.680. The van der Waals surface area contributed by atoms with Crippen LogP contribution in [0.1, 0.15) is 30.0 Å². The molecule has 0 heterocycles. The number of hydrogen-bond donors (Lipinski definition) is 0. The van der Waals surface area contributed by atoms with E-state index in [9.17, 15) is 13.2 Å². The number of rotatable bonds is 8. The molecule has 1 nitrogen and oxygen atoms in total. The SMILES string of the molecule is C=CCOc1ccc(C(F)=C(F)c2ccc3cc(CC/C=C/C)ccc3c2F)cc1. The zero-order chi connectivity index (χ0) is 21.5. The van der Waals surface area contributed by atoms with Gasteiger partial charge in [-0.2, -0.15) is 0 Å². The van der Waals surface area contributed by atoms with Crippen LogP contribution in [-0.2, 0) is 6.42 Å². The molecule has 0 N–H and O–H groups in total. The van der Waals surface area contributed by atoms with Crippen molar-refractivity contribution in [1.29, 1.82) is 0 Å². The summed E-state index contributed by atoms with van der Waals surface area (Å²) < 4.78 is 49.8. The van der Waals surface area contributed by atoms with Crippen LogP contribution in [0.5, 0.6) is 5.75 Å². The highest BCUT2D eigenvalue weighted by atomic mass is 19.2. The fourth-order valence-corrected chi connectivity index (χ4v) is 3.18. The fourth-order valence-electron chi connectivity index (χ4n) is 3.18. The van der Waals surface area contributed by atoms with Crippen molar-refractivity contribution in [3.05, 3.63) is 102 Å². The minimum atomic E-state index is -1.23. The Hall–Kier alpha value is -3.27. The molecule has 30 heavy (non-hydrogen) atoms. The van der Waals surface area contributed by atoms with Gasteiger partial charge in [0, 0.05) is 16.5 Å². The van der Waals surface area contributed by atoms with Crippen molar-refractivity contribution in [3.63, 3.8) is 0 Å². The average Bonchev–Trinajstić information content (AvgIpc) is 2.77. The Kier molecular flexibility index (Phi) is 7.12. The molecule has 0 fully saturated rings. The van der Waals surface area contributed by atoms with E-state index in [0.29, 0.717) is 17.7 Å². The van der Waals surface area contributed by atoms with Gasteiger partial charge in [-0.05, 0) is 61.0 Å². The van der Waals surface area contributed by atoms with Crippen molar-refractivity contribution >= 4 is 22.4 Å². The first-order valence-electron chi connectivity index (χ1n) is 9.77. The first-order valence-corrected chi connectivity index (χ1v) is 9.77. The summed E-state index contributed by atoms with van der Waals surface area (Å²) in [6.07, 6.45) is 7.36. The summed E-state index contributed by atoms with van der Waals surface area (Å²) in [7, 11) is 0. The minimum Gasteiger partial charge on any atom is -0.490 e. The first kappa shape index (κ1) is 21.4. The van der Waals surface area contributed by atoms with Crippen LogP contribution in [0, 0.1) is 5.82 Å². The maximum absolute atomic E-state index is 15.0. The van der Waals surface area contributed by atoms with E-state index >= 15 is 0 Å². The smallest absolute Gasteiger partial charge is 0.169 e. The summed E-state index contributed by atoms with van der Waals surface area (Å²) in [4.78, 5) is 0. The zero-order valence-corrected chi connectivity index (χ0v) is 16.8. The molecule has 154 valence electrons. The number of halogens is 3. The summed E-state index contributed by atoms with van der Waals surface area (Å²) in [6.45, 7) is 5.82. The van der Waals surface area contributed by atoms with Gasteiger partial charge in [0.2, 0.25) is 0 Å². The van der Waals surface area contributed by atoms with Gasteiger partial charge < -0.3 is 4.74 Å². The van der Waals surface area contributed by atoms with Crippen molar-refractivity contribution < 1.29 is 17.9 Å². The summed E-state index contributed by atoms with van der Waals surface area (Å²) >= 11 is 0. The molecule has 3 rings (SSSR count). The Morgan fingerprint density at radius 1 is 1.00 bits per heavy atom. The van der Waals surface area contributed by atoms with E-state index < -0.39 is 23.0 Å². The predicted molar refractivity (Wildman–Crippen MR) is 118 cm³/mol. The summed E-state index contributed by atoms with van der Waals surface area (Å²) in [6, 6.07) is 14.1. The third kappa shape index (κ3) is 4.82. The molecule has 4 heteroatoms. The Labute approximate surface area is 174 Å². The molecule has 0 aromatic heterocycles. The van der Waals surface area contributed by atoms with Gasteiger partial charge in [0.05, 0.1) is 0 Å². The first-order chi connectivity index (χ1) is 14.5. The summed E-state index contributed by atoms with van der Waals surface area (Å²) in [5.74, 6) is -2.61. The molecule has 0 saturated heterocycles. The van der Waals surface area contributed by atoms with Gasteiger partial charge >= 0.3 is 0 Å². The predicted octanol–water partition coefficient (Wildman–Crippen LogP) is 7.82. The molecule has 0 aliphatic rings. The van der Waals surface area contributed by atoms with Gasteiger partial charge in [0.1, 0.15) is 18.2 Å². The van der Waals surface area contributed by atoms with E-state index in [-0.39, 0.29) is 10.9 Å². The standard InChI is InChI=1S/C26H23F3O/c1-3-5-6-7-18-8-14-22-20(17-18)11-15-23(25(22)28)26(29)24(27)19-9-12-21(13-10-19)30-16-4-2/h3-5,8-15,17H,2,6-7,16H2,1H3/b5-3+,26-24?. The van der Waals surface area contributed by atoms with Gasteiger partial charge in [-0.1, -0.05) is 49.1 Å². The van der Waals surface area contributed by atoms with Gasteiger partial charge in [0.25, 0.3) is 0 Å². The van der Waals surface area contributed by atoms with Crippen LogP contribution in [0.2, 0.25) is 0 Å². The molecule has 0 unspecified atom stereocenters. The molecule has 0 saturated carbocycles. The molecule has 0 radical (unpaired) electrons. The number of hydrogen-bond acceptors (Lipinski definition) is 1. The lowest BCUT2D eigenvalue weighted by Gasteiger charge is -2.09. The van der Waals surface area contributed by atoms with E-state index in [1.165, 1.54) is 30.3 Å². The lowest BCUT2D eigenvalue weighted by molar-refractivity contribution is 0.363. The molecule has 0 aliphatic carbocycles. The van der Waals surface area contributed by atoms with Crippen LogP contribution in [0.4, 0.5) is 13.2 Å². The second kappa shape index (κ2) is 9.97. The monoisotopic (exact) mass is 408 g/mol. The molecule has 0 amide bonds. The van der Waals surface area contributed by atoms with E-state index in [1.54, 1.807) is 18.2 Å². The molecular formula is C26H23F3O. The lowest BCUT2D eigenvalue weighted by Crippen LogP contribution is -1.94. The zero-order valence-electron chi connectivity index (χ0n) is 16.8. The Balaban J connectivity index is 1.91. The highest BCUT2D eigenvalue weighted by molar-refractivity contribution is 5.91. The largest absolute Gasteiger partial charge is 0.490 e. The van der Waals surface area contributed by atoms with Crippen LogP contribution in [0.25, 0.3) is 22.4 Å². The van der Waals surface area contributed by atoms with Crippen molar-refractivity contribution in [2.24, 2.45) is 0 Å². The second-order valence-electron chi connectivity index (χ2n) is 6.84. The van der Waals surface area contributed by atoms with Crippen LogP contribution in [0.3, 0.4) is 0 Å². The lowest BCUT2D eigenvalue weighted by atomic mass is 10.00. The van der Waals surface area contributed by atoms with Crippen molar-refractivity contribution in [2.45, 2.75) is 19.8 Å². The van der Waals surface area contributed by atoms with E-state index in [2.05, 4.69) is 12.7 Å². The highest BCUT2D eigenvalue weighted by Gasteiger charge is 2.17. The van der Waals surface area contributed by atoms with Crippen molar-refractivity contribution in [2.75, 3.05) is 6.61 Å². The van der Waals surface area contributed by atoms with E-state index in [4.69, 9.17) is 4.74 Å². The maximum Gasteiger partial charge on any atom is 0.169 e. The van der Waals surface area contributed by atoms with Gasteiger partial charge in [-0.3, -0.25) is 0 Å². The number of allylic oxidation sites excluding steroid dienone is 2. The number of ether oxygens (including phenoxy) is 1. The van der Waals surface area contributed by atoms with Gasteiger partial charge in [-0.15, -0.1) is 0 Å². The number of fused-ring (bicyclic) bond motifs is 1. The Morgan fingerprint density at radius 2 is 1.77 bits per heavy atom. The molecule has 0 atom stereocenters. The second-order valence-corrected chi connectivity index (χ2v) is 6.84. The highest BCUT2D eigenvalue weighted by Crippen LogP contribution is 2.34. The van der Waals surface area contributed by atoms with Crippen LogP contribution in [0.15, 0.2) is 79.4 Å². The Bertz CT molecular complexity index is 1100. The number of aryl methyl sites for hydroxylation is 1. The van der Waals surface area contributed by atoms with Crippen LogP contribution >= 0.6 is 0 Å². The molecule has 0 spiro atoms. The number of benzene rings is 3. The topological polar surface area (TPSA) is 9.23 Å². The molecule has 0 bridgehead atoms. The third-order valence-corrected chi connectivity index (χ3v) is 4.76. The third-order valence-electron chi connectivity index (χ3n) is 4.76. The van der Waals surface area contributed by atoms with Crippen LogP contribution < -0.4 is 4.74 Å². The average molecular weight is 408 g/mol. The van der Waals surface area contributed by atoms with Crippen molar-refractivity contribution in [3.8, 4) is 5.75 Å². The fraction of sp³-hybridized carbons (Fsp3) is 0.154. The normalized spacial score (nSPS) is 12.3. The Morgan fingerprint density at radius 3 is 2.47 bits per heavy atom. The van der Waals surface area contributed by atoms with E-state index in [0.717, 1.165) is 18.4 Å². The van der Waals surface area contributed by atoms with Crippen LogP contribution in [-0.4, -0.2) is 6.61 Å². The molecule has 3 aromatic rings. The molecule has 0 aliphatic heterocycles.